The fourth-order valence-corrected chi connectivity index (χ4v) is 4.66. The number of hydrogen-bond acceptors (Lipinski definition) is 4. The van der Waals surface area contributed by atoms with Gasteiger partial charge in [-0.25, -0.2) is 4.98 Å². The molecule has 0 saturated heterocycles. The van der Waals surface area contributed by atoms with Gasteiger partial charge in [-0.2, -0.15) is 0 Å². The number of hydrogen-bond donors (Lipinski definition) is 1. The van der Waals surface area contributed by atoms with Crippen molar-refractivity contribution < 1.29 is 0 Å². The molecule has 0 saturated carbocycles. The highest BCUT2D eigenvalue weighted by atomic mass is 32.1. The highest BCUT2D eigenvalue weighted by Crippen LogP contribution is 2.45. The van der Waals surface area contributed by atoms with Gasteiger partial charge in [0.2, 0.25) is 0 Å². The van der Waals surface area contributed by atoms with Crippen molar-refractivity contribution in [3.8, 4) is 9.88 Å². The van der Waals surface area contributed by atoms with Crippen LogP contribution in [0.3, 0.4) is 0 Å². The van der Waals surface area contributed by atoms with E-state index in [0.717, 1.165) is 6.42 Å². The van der Waals surface area contributed by atoms with E-state index in [2.05, 4.69) is 43.7 Å². The summed E-state index contributed by atoms with van der Waals surface area (Å²) in [4.78, 5) is 7.61. The molecule has 2 heterocycles. The standard InChI is InChI=1S/C14H18N2S2/c1-14(2)7-9(15-3)12-10(8-14)16-13(18-12)11-5-4-6-17-11/h4-6,9,15H,7-8H2,1-3H3. The van der Waals surface area contributed by atoms with Crippen LogP contribution in [0.1, 0.15) is 36.9 Å². The van der Waals surface area contributed by atoms with Crippen LogP contribution in [0.4, 0.5) is 0 Å². The summed E-state index contributed by atoms with van der Waals surface area (Å²) in [5, 5.41) is 6.76. The fraction of sp³-hybridized carbons (Fsp3) is 0.500. The molecule has 1 unspecified atom stereocenters. The summed E-state index contributed by atoms with van der Waals surface area (Å²) in [6, 6.07) is 4.73. The number of nitrogens with zero attached hydrogens (tertiary/aromatic N) is 1. The Labute approximate surface area is 116 Å². The first-order chi connectivity index (χ1) is 8.59. The molecule has 2 aromatic rings. The predicted octanol–water partition coefficient (Wildman–Crippen LogP) is 4.10. The van der Waals surface area contributed by atoms with E-state index < -0.39 is 0 Å². The minimum Gasteiger partial charge on any atom is -0.312 e. The summed E-state index contributed by atoms with van der Waals surface area (Å²) in [6.07, 6.45) is 2.30. The molecular formula is C14H18N2S2. The maximum Gasteiger partial charge on any atom is 0.133 e. The van der Waals surface area contributed by atoms with Crippen LogP contribution in [0.15, 0.2) is 17.5 Å². The number of thiophene rings is 1. The van der Waals surface area contributed by atoms with Crippen LogP contribution in [-0.4, -0.2) is 12.0 Å². The van der Waals surface area contributed by atoms with Gasteiger partial charge < -0.3 is 5.32 Å². The van der Waals surface area contributed by atoms with Crippen molar-refractivity contribution in [2.75, 3.05) is 7.05 Å². The lowest BCUT2D eigenvalue weighted by atomic mass is 9.76. The zero-order valence-electron chi connectivity index (χ0n) is 11.0. The smallest absolute Gasteiger partial charge is 0.133 e. The van der Waals surface area contributed by atoms with Gasteiger partial charge in [-0.1, -0.05) is 19.9 Å². The molecular weight excluding hydrogens is 260 g/mol. The number of thiazole rings is 1. The average Bonchev–Trinajstić information content (AvgIpc) is 2.93. The maximum absolute atomic E-state index is 4.88. The monoisotopic (exact) mass is 278 g/mol. The molecule has 2 nitrogen and oxygen atoms in total. The molecule has 1 atom stereocenters. The van der Waals surface area contributed by atoms with Crippen molar-refractivity contribution in [1.29, 1.82) is 0 Å². The van der Waals surface area contributed by atoms with Crippen molar-refractivity contribution >= 4 is 22.7 Å². The Morgan fingerprint density at radius 1 is 1.44 bits per heavy atom. The molecule has 0 spiro atoms. The zero-order valence-corrected chi connectivity index (χ0v) is 12.6. The second kappa shape index (κ2) is 4.44. The van der Waals surface area contributed by atoms with E-state index in [4.69, 9.17) is 4.98 Å². The Morgan fingerprint density at radius 3 is 2.94 bits per heavy atom. The van der Waals surface area contributed by atoms with E-state index >= 15 is 0 Å². The molecule has 0 amide bonds. The summed E-state index contributed by atoms with van der Waals surface area (Å²) >= 11 is 3.64. The largest absolute Gasteiger partial charge is 0.312 e. The number of rotatable bonds is 2. The van der Waals surface area contributed by atoms with Gasteiger partial charge in [0.1, 0.15) is 5.01 Å². The third-order valence-corrected chi connectivity index (χ3v) is 5.78. The first kappa shape index (κ1) is 12.3. The SMILES string of the molecule is CNC1CC(C)(C)Cc2nc(-c3cccs3)sc21. The van der Waals surface area contributed by atoms with Crippen LogP contribution in [-0.2, 0) is 6.42 Å². The molecule has 1 N–H and O–H groups in total. The number of nitrogens with one attached hydrogen (secondary N) is 1. The summed E-state index contributed by atoms with van der Waals surface area (Å²) in [5.74, 6) is 0. The van der Waals surface area contributed by atoms with E-state index in [1.807, 2.05) is 11.3 Å². The lowest BCUT2D eigenvalue weighted by Gasteiger charge is -2.34. The van der Waals surface area contributed by atoms with E-state index in [-0.39, 0.29) is 0 Å². The van der Waals surface area contributed by atoms with Gasteiger partial charge >= 0.3 is 0 Å². The van der Waals surface area contributed by atoms with Gasteiger partial charge in [0, 0.05) is 10.9 Å². The molecule has 1 aliphatic rings. The van der Waals surface area contributed by atoms with Gasteiger partial charge in [0.15, 0.2) is 0 Å². The minimum atomic E-state index is 0.349. The molecule has 0 aromatic carbocycles. The molecule has 4 heteroatoms. The van der Waals surface area contributed by atoms with Crippen molar-refractivity contribution in [1.82, 2.24) is 10.3 Å². The first-order valence-electron chi connectivity index (χ1n) is 6.30. The van der Waals surface area contributed by atoms with Gasteiger partial charge in [-0.05, 0) is 36.8 Å². The molecule has 18 heavy (non-hydrogen) atoms. The van der Waals surface area contributed by atoms with E-state index in [9.17, 15) is 0 Å². The Balaban J connectivity index is 2.03. The first-order valence-corrected chi connectivity index (χ1v) is 7.99. The molecule has 1 aliphatic carbocycles. The van der Waals surface area contributed by atoms with Crippen LogP contribution < -0.4 is 5.32 Å². The summed E-state index contributed by atoms with van der Waals surface area (Å²) in [5.41, 5.74) is 1.65. The predicted molar refractivity (Wildman–Crippen MR) is 79.3 cm³/mol. The molecule has 2 aromatic heterocycles. The van der Waals surface area contributed by atoms with Crippen LogP contribution >= 0.6 is 22.7 Å². The van der Waals surface area contributed by atoms with Crippen molar-refractivity contribution in [3.05, 3.63) is 28.1 Å². The van der Waals surface area contributed by atoms with Crippen molar-refractivity contribution in [2.24, 2.45) is 5.41 Å². The number of aromatic nitrogens is 1. The van der Waals surface area contributed by atoms with Gasteiger partial charge in [-0.3, -0.25) is 0 Å². The van der Waals surface area contributed by atoms with Gasteiger partial charge in [-0.15, -0.1) is 22.7 Å². The van der Waals surface area contributed by atoms with Crippen LogP contribution in [0.25, 0.3) is 9.88 Å². The van der Waals surface area contributed by atoms with Gasteiger partial charge in [0.25, 0.3) is 0 Å². The average molecular weight is 278 g/mol. The Morgan fingerprint density at radius 2 is 2.28 bits per heavy atom. The van der Waals surface area contributed by atoms with Crippen LogP contribution in [0.5, 0.6) is 0 Å². The summed E-state index contributed by atoms with van der Waals surface area (Å²) in [6.45, 7) is 4.68. The summed E-state index contributed by atoms with van der Waals surface area (Å²) in [7, 11) is 2.06. The topological polar surface area (TPSA) is 24.9 Å². The second-order valence-corrected chi connectivity index (χ2v) is 7.67. The summed E-state index contributed by atoms with van der Waals surface area (Å²) < 4.78 is 0. The highest BCUT2D eigenvalue weighted by molar-refractivity contribution is 7.21. The Hall–Kier alpha value is -0.710. The molecule has 0 aliphatic heterocycles. The minimum absolute atomic E-state index is 0.349. The lowest BCUT2D eigenvalue weighted by molar-refractivity contribution is 0.265. The lowest BCUT2D eigenvalue weighted by Crippen LogP contribution is -2.30. The maximum atomic E-state index is 4.88. The molecule has 96 valence electrons. The molecule has 0 radical (unpaired) electrons. The van der Waals surface area contributed by atoms with E-state index in [1.165, 1.54) is 26.9 Å². The van der Waals surface area contributed by atoms with Crippen molar-refractivity contribution in [2.45, 2.75) is 32.7 Å². The molecule has 0 bridgehead atoms. The third kappa shape index (κ3) is 2.13. The van der Waals surface area contributed by atoms with E-state index in [0.29, 0.717) is 11.5 Å². The molecule has 0 fully saturated rings. The normalized spacial score (nSPS) is 21.8. The fourth-order valence-electron chi connectivity index (χ4n) is 2.67. The van der Waals surface area contributed by atoms with Crippen molar-refractivity contribution in [3.63, 3.8) is 0 Å². The Kier molecular flexibility index (Phi) is 3.04. The quantitative estimate of drug-likeness (QED) is 0.894. The Bertz CT molecular complexity index is 540. The zero-order chi connectivity index (χ0) is 12.8. The van der Waals surface area contributed by atoms with E-state index in [1.54, 1.807) is 11.3 Å². The molecule has 3 rings (SSSR count). The number of fused-ring (bicyclic) bond motifs is 1. The second-order valence-electron chi connectivity index (χ2n) is 5.69. The van der Waals surface area contributed by atoms with Crippen LogP contribution in [0, 0.1) is 5.41 Å². The van der Waals surface area contributed by atoms with Gasteiger partial charge in [0.05, 0.1) is 10.6 Å². The van der Waals surface area contributed by atoms with Crippen LogP contribution in [0.2, 0.25) is 0 Å². The third-order valence-electron chi connectivity index (χ3n) is 3.53. The highest BCUT2D eigenvalue weighted by Gasteiger charge is 2.34.